The van der Waals surface area contributed by atoms with Crippen LogP contribution in [0.15, 0.2) is 152 Å². The van der Waals surface area contributed by atoms with Crippen LogP contribution in [0, 0.1) is 0 Å². The zero-order valence-electron chi connectivity index (χ0n) is 25.1. The predicted octanol–water partition coefficient (Wildman–Crippen LogP) is 12.2. The van der Waals surface area contributed by atoms with Gasteiger partial charge in [-0.1, -0.05) is 115 Å². The Labute approximate surface area is 278 Å². The monoisotopic (exact) mass is 635 g/mol. The van der Waals surface area contributed by atoms with Gasteiger partial charge in [-0.05, 0) is 47.5 Å². The fraction of sp³-hybridized carbons (Fsp3) is 0. The summed E-state index contributed by atoms with van der Waals surface area (Å²) in [6, 6.07) is 53.8. The number of hydrogen-bond acceptors (Lipinski definition) is 4. The molecule has 0 aliphatic carbocycles. The molecule has 3 nitrogen and oxygen atoms in total. The minimum Gasteiger partial charge on any atom is -0.292 e. The molecule has 0 atom stereocenters. The van der Waals surface area contributed by atoms with Gasteiger partial charge in [-0.3, -0.25) is 4.57 Å². The molecule has 0 aliphatic rings. The summed E-state index contributed by atoms with van der Waals surface area (Å²) in [6.07, 6.45) is 0. The van der Waals surface area contributed by atoms with Crippen LogP contribution in [0.1, 0.15) is 0 Å². The number of rotatable bonds is 4. The van der Waals surface area contributed by atoms with Crippen LogP contribution >= 0.6 is 22.7 Å². The van der Waals surface area contributed by atoms with Gasteiger partial charge in [-0.25, -0.2) is 9.97 Å². The molecular weight excluding hydrogens is 611 g/mol. The van der Waals surface area contributed by atoms with Gasteiger partial charge in [0.1, 0.15) is 5.82 Å². The third-order valence-electron chi connectivity index (χ3n) is 9.04. The van der Waals surface area contributed by atoms with Crippen molar-refractivity contribution in [3.63, 3.8) is 0 Å². The maximum absolute atomic E-state index is 5.39. The third kappa shape index (κ3) is 4.17. The molecule has 6 aromatic carbocycles. The van der Waals surface area contributed by atoms with E-state index in [1.807, 2.05) is 34.8 Å². The Balaban J connectivity index is 1.07. The Morgan fingerprint density at radius 3 is 1.79 bits per heavy atom. The standard InChI is InChI=1S/C42H25N3S2/c1-2-10-30(11-3-1)45-34-15-7-6-14-33(34)43-42(45)29-24-20-27(21-25-29)26-18-22-28(23-19-26)38-37-31-12-4-8-16-35(31)46-40(37)41-39(44-38)32-13-5-9-17-36(32)47-41/h1-25H. The maximum Gasteiger partial charge on any atom is 0.145 e. The second kappa shape index (κ2) is 10.5. The van der Waals surface area contributed by atoms with Crippen molar-refractivity contribution in [3.8, 4) is 39.5 Å². The van der Waals surface area contributed by atoms with E-state index in [9.17, 15) is 0 Å². The quantitative estimate of drug-likeness (QED) is 0.193. The summed E-state index contributed by atoms with van der Waals surface area (Å²) in [5, 5.41) is 3.75. The van der Waals surface area contributed by atoms with Gasteiger partial charge in [0.25, 0.3) is 0 Å². The van der Waals surface area contributed by atoms with Crippen LogP contribution in [-0.2, 0) is 0 Å². The summed E-state index contributed by atoms with van der Waals surface area (Å²) in [6.45, 7) is 0. The van der Waals surface area contributed by atoms with Crippen molar-refractivity contribution in [1.29, 1.82) is 0 Å². The molecule has 10 aromatic rings. The third-order valence-corrected chi connectivity index (χ3v) is 11.5. The lowest BCUT2D eigenvalue weighted by Gasteiger charge is -2.11. The van der Waals surface area contributed by atoms with Crippen molar-refractivity contribution in [3.05, 3.63) is 152 Å². The topological polar surface area (TPSA) is 30.7 Å². The molecule has 0 aliphatic heterocycles. The minimum absolute atomic E-state index is 0.939. The smallest absolute Gasteiger partial charge is 0.145 e. The Kier molecular flexibility index (Phi) is 5.92. The molecule has 0 amide bonds. The average Bonchev–Trinajstić information content (AvgIpc) is 3.84. The van der Waals surface area contributed by atoms with Crippen LogP contribution in [0.2, 0.25) is 0 Å². The molecular formula is C42H25N3S2. The first-order valence-electron chi connectivity index (χ1n) is 15.7. The van der Waals surface area contributed by atoms with Crippen molar-refractivity contribution in [2.24, 2.45) is 0 Å². The number of nitrogens with zero attached hydrogens (tertiary/aromatic N) is 3. The Morgan fingerprint density at radius 1 is 0.447 bits per heavy atom. The molecule has 5 heteroatoms. The first kappa shape index (κ1) is 26.6. The fourth-order valence-electron chi connectivity index (χ4n) is 6.80. The number of pyridine rings is 1. The van der Waals surface area contributed by atoms with Gasteiger partial charge in [-0.15, -0.1) is 22.7 Å². The summed E-state index contributed by atoms with van der Waals surface area (Å²) in [7, 11) is 0. The zero-order chi connectivity index (χ0) is 30.9. The fourth-order valence-corrected chi connectivity index (χ4v) is 9.29. The van der Waals surface area contributed by atoms with Crippen molar-refractivity contribution in [2.45, 2.75) is 0 Å². The van der Waals surface area contributed by atoms with Crippen LogP contribution in [0.5, 0.6) is 0 Å². The molecule has 0 saturated heterocycles. The molecule has 220 valence electrons. The van der Waals surface area contributed by atoms with E-state index < -0.39 is 0 Å². The van der Waals surface area contributed by atoms with Gasteiger partial charge >= 0.3 is 0 Å². The first-order chi connectivity index (χ1) is 23.3. The highest BCUT2D eigenvalue weighted by atomic mass is 32.1. The van der Waals surface area contributed by atoms with Crippen molar-refractivity contribution < 1.29 is 0 Å². The van der Waals surface area contributed by atoms with Crippen LogP contribution < -0.4 is 0 Å². The number of thiophene rings is 2. The lowest BCUT2D eigenvalue weighted by atomic mass is 9.99. The van der Waals surface area contributed by atoms with Crippen LogP contribution in [-0.4, -0.2) is 14.5 Å². The van der Waals surface area contributed by atoms with E-state index in [4.69, 9.17) is 9.97 Å². The predicted molar refractivity (Wildman–Crippen MR) is 201 cm³/mol. The SMILES string of the molecule is c1ccc(-n2c(-c3ccc(-c4ccc(-c5nc6c7ccccc7sc6c6sc7ccccc7c56)cc4)cc3)nc3ccccc32)cc1. The van der Waals surface area contributed by atoms with Crippen LogP contribution in [0.4, 0.5) is 0 Å². The van der Waals surface area contributed by atoms with E-state index in [0.717, 1.165) is 44.9 Å². The van der Waals surface area contributed by atoms with Gasteiger partial charge in [-0.2, -0.15) is 0 Å². The lowest BCUT2D eigenvalue weighted by molar-refractivity contribution is 1.10. The lowest BCUT2D eigenvalue weighted by Crippen LogP contribution is -1.97. The molecule has 4 aromatic heterocycles. The van der Waals surface area contributed by atoms with Crippen LogP contribution in [0.25, 0.3) is 91.0 Å². The van der Waals surface area contributed by atoms with Crippen molar-refractivity contribution >= 4 is 74.2 Å². The molecule has 0 radical (unpaired) electrons. The number of para-hydroxylation sites is 3. The van der Waals surface area contributed by atoms with E-state index in [1.54, 1.807) is 0 Å². The van der Waals surface area contributed by atoms with Gasteiger partial charge in [0, 0.05) is 42.4 Å². The zero-order valence-corrected chi connectivity index (χ0v) is 26.7. The summed E-state index contributed by atoms with van der Waals surface area (Å²) in [4.78, 5) is 10.4. The van der Waals surface area contributed by atoms with Crippen molar-refractivity contribution in [1.82, 2.24) is 14.5 Å². The number of imidazole rings is 1. The van der Waals surface area contributed by atoms with E-state index >= 15 is 0 Å². The van der Waals surface area contributed by atoms with Crippen molar-refractivity contribution in [2.75, 3.05) is 0 Å². The normalized spacial score (nSPS) is 11.8. The Hall–Kier alpha value is -5.62. The Morgan fingerprint density at radius 2 is 1.02 bits per heavy atom. The molecule has 47 heavy (non-hydrogen) atoms. The molecule has 4 heterocycles. The molecule has 0 fully saturated rings. The summed E-state index contributed by atoms with van der Waals surface area (Å²) in [5.41, 5.74) is 9.89. The maximum atomic E-state index is 5.39. The summed E-state index contributed by atoms with van der Waals surface area (Å²) in [5.74, 6) is 0.939. The van der Waals surface area contributed by atoms with Gasteiger partial charge in [0.15, 0.2) is 0 Å². The average molecular weight is 636 g/mol. The van der Waals surface area contributed by atoms with Gasteiger partial charge in [0.2, 0.25) is 0 Å². The summed E-state index contributed by atoms with van der Waals surface area (Å²) < 4.78 is 7.43. The van der Waals surface area contributed by atoms with Crippen LogP contribution in [0.3, 0.4) is 0 Å². The molecule has 0 saturated carbocycles. The van der Waals surface area contributed by atoms with Gasteiger partial charge in [0.05, 0.1) is 31.6 Å². The number of fused-ring (bicyclic) bond motifs is 8. The molecule has 0 spiro atoms. The highest BCUT2D eigenvalue weighted by Crippen LogP contribution is 2.47. The highest BCUT2D eigenvalue weighted by Gasteiger charge is 2.19. The number of hydrogen-bond donors (Lipinski definition) is 0. The summed E-state index contributed by atoms with van der Waals surface area (Å²) >= 11 is 3.73. The van der Waals surface area contributed by atoms with E-state index in [-0.39, 0.29) is 0 Å². The van der Waals surface area contributed by atoms with E-state index in [0.29, 0.717) is 0 Å². The molecule has 0 N–H and O–H groups in total. The van der Waals surface area contributed by atoms with E-state index in [2.05, 4.69) is 144 Å². The number of aromatic nitrogens is 3. The first-order valence-corrected chi connectivity index (χ1v) is 17.3. The molecule has 0 bridgehead atoms. The molecule has 0 unspecified atom stereocenters. The second-order valence-corrected chi connectivity index (χ2v) is 13.9. The second-order valence-electron chi connectivity index (χ2n) is 11.8. The largest absolute Gasteiger partial charge is 0.292 e. The Bertz CT molecular complexity index is 2770. The van der Waals surface area contributed by atoms with E-state index in [1.165, 1.54) is 46.1 Å². The molecule has 10 rings (SSSR count). The minimum atomic E-state index is 0.939. The number of benzene rings is 6. The highest BCUT2D eigenvalue weighted by molar-refractivity contribution is 7.33. The van der Waals surface area contributed by atoms with Gasteiger partial charge < -0.3 is 0 Å².